The minimum Gasteiger partial charge on any atom is -0.325 e. The van der Waals surface area contributed by atoms with Gasteiger partial charge in [0, 0.05) is 5.69 Å². The molecule has 3 amide bonds. The van der Waals surface area contributed by atoms with Crippen LogP contribution >= 0.6 is 11.8 Å². The van der Waals surface area contributed by atoms with Crippen LogP contribution in [0.5, 0.6) is 0 Å². The van der Waals surface area contributed by atoms with Crippen molar-refractivity contribution in [1.29, 1.82) is 0 Å². The number of carbonyl (C=O) groups is 3. The molecule has 27 heavy (non-hydrogen) atoms. The van der Waals surface area contributed by atoms with Crippen molar-refractivity contribution in [3.05, 3.63) is 70.1 Å². The van der Waals surface area contributed by atoms with E-state index in [0.717, 1.165) is 34.2 Å². The quantitative estimate of drug-likeness (QED) is 0.788. The zero-order chi connectivity index (χ0) is 19.4. The van der Waals surface area contributed by atoms with Gasteiger partial charge in [-0.2, -0.15) is 0 Å². The molecule has 1 fully saturated rings. The van der Waals surface area contributed by atoms with E-state index in [-0.39, 0.29) is 6.54 Å². The Morgan fingerprint density at radius 2 is 1.89 bits per heavy atom. The lowest BCUT2D eigenvalue weighted by molar-refractivity contribution is -0.127. The summed E-state index contributed by atoms with van der Waals surface area (Å²) >= 11 is 0.856. The Morgan fingerprint density at radius 3 is 2.56 bits per heavy atom. The first kappa shape index (κ1) is 18.9. The fourth-order valence-electron chi connectivity index (χ4n) is 2.70. The van der Waals surface area contributed by atoms with Gasteiger partial charge in [-0.15, -0.1) is 0 Å². The summed E-state index contributed by atoms with van der Waals surface area (Å²) in [6.07, 6.45) is 2.62. The van der Waals surface area contributed by atoms with E-state index in [0.29, 0.717) is 10.6 Å². The summed E-state index contributed by atoms with van der Waals surface area (Å²) in [5, 5.41) is 2.28. The molecule has 0 radical (unpaired) electrons. The maximum atomic E-state index is 12.5. The maximum absolute atomic E-state index is 12.5. The lowest BCUT2D eigenvalue weighted by atomic mass is 10.1. The lowest BCUT2D eigenvalue weighted by Gasteiger charge is -2.12. The number of aryl methyl sites for hydroxylation is 2. The highest BCUT2D eigenvalue weighted by atomic mass is 32.2. The highest BCUT2D eigenvalue weighted by Crippen LogP contribution is 2.32. The number of benzene rings is 2. The molecule has 1 N–H and O–H groups in total. The van der Waals surface area contributed by atoms with E-state index in [1.165, 1.54) is 5.56 Å². The fourth-order valence-corrected chi connectivity index (χ4v) is 3.54. The molecular formula is C21H20N2O3S. The SMILES string of the molecule is CCc1ccc(C=C2SC(=O)N(CC(=O)Nc3cccc(C)c3)C2=O)cc1. The molecule has 5 nitrogen and oxygen atoms in total. The standard InChI is InChI=1S/C21H20N2O3S/c1-3-15-7-9-16(10-8-15)12-18-20(25)23(21(26)27-18)13-19(24)22-17-6-4-5-14(2)11-17/h4-12H,3,13H2,1-2H3,(H,22,24). The molecule has 0 bridgehead atoms. The molecule has 0 unspecified atom stereocenters. The predicted octanol–water partition coefficient (Wildman–Crippen LogP) is 4.23. The van der Waals surface area contributed by atoms with Crippen molar-refractivity contribution in [1.82, 2.24) is 4.90 Å². The Bertz CT molecular complexity index is 919. The summed E-state index contributed by atoms with van der Waals surface area (Å²) in [5.41, 5.74) is 3.70. The van der Waals surface area contributed by atoms with Crippen LogP contribution in [0.15, 0.2) is 53.4 Å². The smallest absolute Gasteiger partial charge is 0.294 e. The fraction of sp³-hybridized carbons (Fsp3) is 0.190. The van der Waals surface area contributed by atoms with Crippen LogP contribution in [0.1, 0.15) is 23.6 Å². The normalized spacial score (nSPS) is 15.5. The topological polar surface area (TPSA) is 66.5 Å². The number of thioether (sulfide) groups is 1. The molecule has 138 valence electrons. The van der Waals surface area contributed by atoms with E-state index in [4.69, 9.17) is 0 Å². The molecule has 0 aliphatic carbocycles. The minimum atomic E-state index is -0.441. The van der Waals surface area contributed by atoms with E-state index in [9.17, 15) is 14.4 Å². The summed E-state index contributed by atoms with van der Waals surface area (Å²) in [7, 11) is 0. The molecule has 0 spiro atoms. The third-order valence-electron chi connectivity index (χ3n) is 4.16. The van der Waals surface area contributed by atoms with E-state index < -0.39 is 17.1 Å². The number of nitrogens with one attached hydrogen (secondary N) is 1. The Kier molecular flexibility index (Phi) is 5.76. The number of hydrogen-bond donors (Lipinski definition) is 1. The second kappa shape index (κ2) is 8.22. The van der Waals surface area contributed by atoms with E-state index >= 15 is 0 Å². The highest BCUT2D eigenvalue weighted by Gasteiger charge is 2.36. The Balaban J connectivity index is 1.68. The number of rotatable bonds is 5. The second-order valence-electron chi connectivity index (χ2n) is 6.28. The lowest BCUT2D eigenvalue weighted by Crippen LogP contribution is -2.36. The van der Waals surface area contributed by atoms with Gasteiger partial charge in [-0.1, -0.05) is 43.3 Å². The Labute approximate surface area is 162 Å². The zero-order valence-electron chi connectivity index (χ0n) is 15.2. The van der Waals surface area contributed by atoms with Gasteiger partial charge in [0.05, 0.1) is 4.91 Å². The highest BCUT2D eigenvalue weighted by molar-refractivity contribution is 8.18. The van der Waals surface area contributed by atoms with E-state index in [2.05, 4.69) is 12.2 Å². The predicted molar refractivity (Wildman–Crippen MR) is 108 cm³/mol. The molecule has 1 heterocycles. The van der Waals surface area contributed by atoms with Crippen LogP contribution in [-0.2, 0) is 16.0 Å². The molecule has 0 saturated carbocycles. The van der Waals surface area contributed by atoms with Gasteiger partial charge >= 0.3 is 0 Å². The minimum absolute atomic E-state index is 0.301. The maximum Gasteiger partial charge on any atom is 0.294 e. The summed E-state index contributed by atoms with van der Waals surface area (Å²) in [5.74, 6) is -0.847. The number of amides is 3. The summed E-state index contributed by atoms with van der Waals surface area (Å²) in [4.78, 5) is 38.2. The van der Waals surface area contributed by atoms with Crippen molar-refractivity contribution in [3.8, 4) is 0 Å². The first-order valence-corrected chi connectivity index (χ1v) is 9.48. The second-order valence-corrected chi connectivity index (χ2v) is 7.27. The summed E-state index contributed by atoms with van der Waals surface area (Å²) in [6.45, 7) is 3.69. The number of imide groups is 1. The van der Waals surface area contributed by atoms with Crippen LogP contribution in [0.2, 0.25) is 0 Å². The van der Waals surface area contributed by atoms with Gasteiger partial charge in [0.1, 0.15) is 6.54 Å². The van der Waals surface area contributed by atoms with Crippen LogP contribution in [0.25, 0.3) is 6.08 Å². The molecule has 2 aromatic rings. The summed E-state index contributed by atoms with van der Waals surface area (Å²) in [6, 6.07) is 15.1. The third-order valence-corrected chi connectivity index (χ3v) is 5.07. The van der Waals surface area contributed by atoms with E-state index in [1.54, 1.807) is 12.1 Å². The van der Waals surface area contributed by atoms with Crippen LogP contribution in [0.4, 0.5) is 10.5 Å². The average molecular weight is 380 g/mol. The Morgan fingerprint density at radius 1 is 1.15 bits per heavy atom. The van der Waals surface area contributed by atoms with Gasteiger partial charge in [-0.25, -0.2) is 0 Å². The van der Waals surface area contributed by atoms with Gasteiger partial charge in [0.2, 0.25) is 5.91 Å². The summed E-state index contributed by atoms with van der Waals surface area (Å²) < 4.78 is 0. The van der Waals surface area contributed by atoms with Crippen LogP contribution in [0, 0.1) is 6.92 Å². The van der Waals surface area contributed by atoms with Crippen molar-refractivity contribution in [2.75, 3.05) is 11.9 Å². The Hall–Kier alpha value is -2.86. The molecule has 1 saturated heterocycles. The number of nitrogens with zero attached hydrogens (tertiary/aromatic N) is 1. The number of carbonyl (C=O) groups excluding carboxylic acids is 3. The third kappa shape index (κ3) is 4.65. The first-order chi connectivity index (χ1) is 13.0. The average Bonchev–Trinajstić information content (AvgIpc) is 2.90. The van der Waals surface area contributed by atoms with E-state index in [1.807, 2.05) is 49.4 Å². The van der Waals surface area contributed by atoms with Crippen LogP contribution in [-0.4, -0.2) is 28.5 Å². The monoisotopic (exact) mass is 380 g/mol. The van der Waals surface area contributed by atoms with Crippen molar-refractivity contribution < 1.29 is 14.4 Å². The first-order valence-electron chi connectivity index (χ1n) is 8.67. The number of anilines is 1. The van der Waals surface area contributed by atoms with Crippen molar-refractivity contribution >= 4 is 40.6 Å². The van der Waals surface area contributed by atoms with Gasteiger partial charge in [0.25, 0.3) is 11.1 Å². The molecule has 1 aliphatic rings. The van der Waals surface area contributed by atoms with Gasteiger partial charge in [-0.05, 0) is 60.0 Å². The number of hydrogen-bond acceptors (Lipinski definition) is 4. The molecular weight excluding hydrogens is 360 g/mol. The van der Waals surface area contributed by atoms with Crippen molar-refractivity contribution in [2.24, 2.45) is 0 Å². The van der Waals surface area contributed by atoms with Crippen molar-refractivity contribution in [2.45, 2.75) is 20.3 Å². The largest absolute Gasteiger partial charge is 0.325 e. The molecule has 0 aromatic heterocycles. The molecule has 2 aromatic carbocycles. The molecule has 6 heteroatoms. The van der Waals surface area contributed by atoms with Crippen LogP contribution < -0.4 is 5.32 Å². The van der Waals surface area contributed by atoms with Crippen LogP contribution in [0.3, 0.4) is 0 Å². The van der Waals surface area contributed by atoms with Crippen molar-refractivity contribution in [3.63, 3.8) is 0 Å². The molecule has 3 rings (SSSR count). The van der Waals surface area contributed by atoms with Gasteiger partial charge in [0.15, 0.2) is 0 Å². The molecule has 1 aliphatic heterocycles. The van der Waals surface area contributed by atoms with Gasteiger partial charge < -0.3 is 5.32 Å². The molecule has 0 atom stereocenters. The van der Waals surface area contributed by atoms with Gasteiger partial charge in [-0.3, -0.25) is 19.3 Å². The zero-order valence-corrected chi connectivity index (χ0v) is 16.0.